The number of carbonyl (C=O) groups excluding carboxylic acids is 1. The molecule has 0 saturated heterocycles. The Kier molecular flexibility index (Phi) is 4.53. The van der Waals surface area contributed by atoms with Crippen molar-refractivity contribution in [1.82, 2.24) is 4.98 Å². The number of hydrogen-bond donors (Lipinski definition) is 2. The third-order valence-corrected chi connectivity index (χ3v) is 2.81. The molecule has 0 unspecified atom stereocenters. The minimum atomic E-state index is -0.584. The van der Waals surface area contributed by atoms with E-state index in [2.05, 4.69) is 15.6 Å². The quantitative estimate of drug-likeness (QED) is 0.906. The highest BCUT2D eigenvalue weighted by atomic mass is 35.5. The fourth-order valence-electron chi connectivity index (χ4n) is 1.68. The van der Waals surface area contributed by atoms with E-state index >= 15 is 0 Å². The van der Waals surface area contributed by atoms with Crippen LogP contribution in [0.3, 0.4) is 0 Å². The van der Waals surface area contributed by atoms with E-state index in [4.69, 9.17) is 11.6 Å². The number of nitrogens with one attached hydrogen (secondary N) is 2. The number of nitrogens with zero attached hydrogens (tertiary/aromatic N) is 1. The van der Waals surface area contributed by atoms with Crippen LogP contribution in [-0.2, 0) is 0 Å². The number of carbonyl (C=O) groups is 1. The molecular formula is C14H13ClFN3O. The van der Waals surface area contributed by atoms with E-state index in [0.29, 0.717) is 17.9 Å². The molecule has 0 spiro atoms. The highest BCUT2D eigenvalue weighted by Crippen LogP contribution is 2.20. The zero-order valence-electron chi connectivity index (χ0n) is 10.8. The minimum absolute atomic E-state index is 0.0747. The molecule has 1 amide bonds. The van der Waals surface area contributed by atoms with Gasteiger partial charge in [0.2, 0.25) is 0 Å². The zero-order chi connectivity index (χ0) is 14.5. The lowest BCUT2D eigenvalue weighted by Crippen LogP contribution is -2.16. The molecule has 20 heavy (non-hydrogen) atoms. The Morgan fingerprint density at radius 2 is 2.20 bits per heavy atom. The van der Waals surface area contributed by atoms with Gasteiger partial charge in [-0.05, 0) is 37.3 Å². The number of pyridine rings is 1. The van der Waals surface area contributed by atoms with Crippen molar-refractivity contribution in [3.8, 4) is 0 Å². The van der Waals surface area contributed by atoms with Gasteiger partial charge in [0.05, 0.1) is 11.3 Å². The number of rotatable bonds is 4. The first kappa shape index (κ1) is 14.3. The average molecular weight is 294 g/mol. The molecule has 6 heteroatoms. The van der Waals surface area contributed by atoms with Crippen molar-refractivity contribution < 1.29 is 9.18 Å². The first-order valence-electron chi connectivity index (χ1n) is 6.07. The molecule has 4 nitrogen and oxygen atoms in total. The Hall–Kier alpha value is -2.14. The number of halogens is 2. The number of aromatic nitrogens is 1. The second-order valence-corrected chi connectivity index (χ2v) is 4.44. The molecule has 0 fully saturated rings. The molecule has 1 aromatic carbocycles. The standard InChI is InChI=1S/C14H13ClFN3O/c1-2-17-13-10(4-3-7-18-13)14(20)19-12-6-5-9(15)8-11(12)16/h3-8H,2H2,1H3,(H,17,18)(H,19,20). The van der Waals surface area contributed by atoms with Gasteiger partial charge in [0.1, 0.15) is 11.6 Å². The molecule has 2 aromatic rings. The molecule has 0 aliphatic carbocycles. The molecule has 0 aliphatic heterocycles. The minimum Gasteiger partial charge on any atom is -0.370 e. The van der Waals surface area contributed by atoms with Crippen molar-refractivity contribution in [3.63, 3.8) is 0 Å². The van der Waals surface area contributed by atoms with Gasteiger partial charge in [0, 0.05) is 17.8 Å². The van der Waals surface area contributed by atoms with Crippen LogP contribution in [0.1, 0.15) is 17.3 Å². The molecule has 0 saturated carbocycles. The second-order valence-electron chi connectivity index (χ2n) is 4.01. The summed E-state index contributed by atoms with van der Waals surface area (Å²) in [5.74, 6) is -0.558. The van der Waals surface area contributed by atoms with Crippen LogP contribution < -0.4 is 10.6 Å². The lowest BCUT2D eigenvalue weighted by atomic mass is 10.2. The van der Waals surface area contributed by atoms with Gasteiger partial charge >= 0.3 is 0 Å². The lowest BCUT2D eigenvalue weighted by molar-refractivity contribution is 0.102. The Bertz CT molecular complexity index is 634. The topological polar surface area (TPSA) is 54.0 Å². The zero-order valence-corrected chi connectivity index (χ0v) is 11.5. The largest absolute Gasteiger partial charge is 0.370 e. The summed E-state index contributed by atoms with van der Waals surface area (Å²) in [5.41, 5.74) is 0.425. The molecule has 1 aromatic heterocycles. The van der Waals surface area contributed by atoms with Crippen molar-refractivity contribution in [2.24, 2.45) is 0 Å². The first-order chi connectivity index (χ1) is 9.61. The Labute approximate surface area is 121 Å². The van der Waals surface area contributed by atoms with E-state index in [9.17, 15) is 9.18 Å². The van der Waals surface area contributed by atoms with Crippen LogP contribution in [-0.4, -0.2) is 17.4 Å². The first-order valence-corrected chi connectivity index (χ1v) is 6.45. The van der Waals surface area contributed by atoms with Gasteiger partial charge in [0.15, 0.2) is 0 Å². The fraction of sp³-hybridized carbons (Fsp3) is 0.143. The molecule has 1 heterocycles. The molecule has 0 radical (unpaired) electrons. The maximum absolute atomic E-state index is 13.6. The van der Waals surface area contributed by atoms with Gasteiger partial charge in [-0.3, -0.25) is 4.79 Å². The highest BCUT2D eigenvalue weighted by molar-refractivity contribution is 6.30. The monoisotopic (exact) mass is 293 g/mol. The summed E-state index contributed by atoms with van der Waals surface area (Å²) in [4.78, 5) is 16.2. The Morgan fingerprint density at radius 3 is 2.90 bits per heavy atom. The SMILES string of the molecule is CCNc1ncccc1C(=O)Nc1ccc(Cl)cc1F. The van der Waals surface area contributed by atoms with Gasteiger partial charge < -0.3 is 10.6 Å². The summed E-state index contributed by atoms with van der Waals surface area (Å²) in [6.45, 7) is 2.53. The molecule has 2 rings (SSSR count). The normalized spacial score (nSPS) is 10.2. The van der Waals surface area contributed by atoms with Crippen LogP contribution in [0.5, 0.6) is 0 Å². The summed E-state index contributed by atoms with van der Waals surface area (Å²) in [7, 11) is 0. The molecule has 0 aliphatic rings. The van der Waals surface area contributed by atoms with Crippen LogP contribution in [0.2, 0.25) is 5.02 Å². The predicted molar refractivity (Wildman–Crippen MR) is 77.8 cm³/mol. The van der Waals surface area contributed by atoms with Gasteiger partial charge in [-0.2, -0.15) is 0 Å². The van der Waals surface area contributed by atoms with Gasteiger partial charge in [-0.15, -0.1) is 0 Å². The predicted octanol–water partition coefficient (Wildman–Crippen LogP) is 3.56. The number of anilines is 2. The number of hydrogen-bond acceptors (Lipinski definition) is 3. The third-order valence-electron chi connectivity index (χ3n) is 2.58. The lowest BCUT2D eigenvalue weighted by Gasteiger charge is -2.10. The third kappa shape index (κ3) is 3.24. The Morgan fingerprint density at radius 1 is 1.40 bits per heavy atom. The van der Waals surface area contributed by atoms with Gasteiger partial charge in [-0.25, -0.2) is 9.37 Å². The molecule has 0 bridgehead atoms. The summed E-state index contributed by atoms with van der Waals surface area (Å²) < 4.78 is 13.6. The average Bonchev–Trinajstić information content (AvgIpc) is 2.43. The van der Waals surface area contributed by atoms with Crippen molar-refractivity contribution in [2.45, 2.75) is 6.92 Å². The van der Waals surface area contributed by atoms with E-state index in [1.807, 2.05) is 6.92 Å². The van der Waals surface area contributed by atoms with Crippen molar-refractivity contribution in [3.05, 3.63) is 52.9 Å². The van der Waals surface area contributed by atoms with Crippen LogP contribution in [0.4, 0.5) is 15.9 Å². The van der Waals surface area contributed by atoms with Crippen LogP contribution in [0.25, 0.3) is 0 Å². The summed E-state index contributed by atoms with van der Waals surface area (Å²) in [5, 5.41) is 5.75. The van der Waals surface area contributed by atoms with Crippen LogP contribution in [0.15, 0.2) is 36.5 Å². The van der Waals surface area contributed by atoms with E-state index in [0.717, 1.165) is 6.07 Å². The maximum Gasteiger partial charge on any atom is 0.259 e. The van der Waals surface area contributed by atoms with E-state index < -0.39 is 11.7 Å². The number of amides is 1. The molecular weight excluding hydrogens is 281 g/mol. The molecule has 0 atom stereocenters. The highest BCUT2D eigenvalue weighted by Gasteiger charge is 2.13. The maximum atomic E-state index is 13.6. The van der Waals surface area contributed by atoms with Crippen LogP contribution >= 0.6 is 11.6 Å². The smallest absolute Gasteiger partial charge is 0.259 e. The summed E-state index contributed by atoms with van der Waals surface area (Å²) in [6, 6.07) is 7.33. The van der Waals surface area contributed by atoms with Crippen molar-refractivity contribution in [1.29, 1.82) is 0 Å². The summed E-state index contributed by atoms with van der Waals surface area (Å²) in [6.07, 6.45) is 1.58. The van der Waals surface area contributed by atoms with Crippen molar-refractivity contribution in [2.75, 3.05) is 17.2 Å². The van der Waals surface area contributed by atoms with Crippen LogP contribution in [0, 0.1) is 5.82 Å². The van der Waals surface area contributed by atoms with E-state index in [1.165, 1.54) is 12.1 Å². The van der Waals surface area contributed by atoms with Gasteiger partial charge in [-0.1, -0.05) is 11.6 Å². The second kappa shape index (κ2) is 6.34. The van der Waals surface area contributed by atoms with E-state index in [1.54, 1.807) is 18.3 Å². The summed E-state index contributed by atoms with van der Waals surface area (Å²) >= 11 is 5.66. The fourth-order valence-corrected chi connectivity index (χ4v) is 1.84. The molecule has 2 N–H and O–H groups in total. The van der Waals surface area contributed by atoms with E-state index in [-0.39, 0.29) is 10.7 Å². The Balaban J connectivity index is 2.24. The van der Waals surface area contributed by atoms with Crippen molar-refractivity contribution >= 4 is 29.0 Å². The molecule has 104 valence electrons. The van der Waals surface area contributed by atoms with Gasteiger partial charge in [0.25, 0.3) is 5.91 Å². The number of benzene rings is 1.